The van der Waals surface area contributed by atoms with E-state index in [0.29, 0.717) is 38.7 Å². The van der Waals surface area contributed by atoms with Crippen LogP contribution in [0.25, 0.3) is 0 Å². The Bertz CT molecular complexity index is 528. The van der Waals surface area contributed by atoms with Crippen molar-refractivity contribution >= 4 is 89.5 Å². The maximum absolute atomic E-state index is 11.7. The Kier molecular flexibility index (Phi) is 33.4. The van der Waals surface area contributed by atoms with Crippen LogP contribution in [0.2, 0.25) is 0 Å². The lowest BCUT2D eigenvalue weighted by molar-refractivity contribution is -0.210. The molecule has 0 saturated heterocycles. The third-order valence-corrected chi connectivity index (χ3v) is 9.39. The van der Waals surface area contributed by atoms with Crippen LogP contribution in [0.5, 0.6) is 0 Å². The Morgan fingerprint density at radius 1 is 0.778 bits per heavy atom. The quantitative estimate of drug-likeness (QED) is 0.0329. The van der Waals surface area contributed by atoms with Crippen molar-refractivity contribution in [3.05, 3.63) is 0 Å². The summed E-state index contributed by atoms with van der Waals surface area (Å²) in [7, 11) is 0. The number of thioether (sulfide) groups is 6. The Hall–Kier alpha value is 0.190. The fraction of sp³-hybridized carbons (Fsp3) is 0.850. The van der Waals surface area contributed by atoms with Gasteiger partial charge in [-0.25, -0.2) is 4.79 Å². The van der Waals surface area contributed by atoms with Gasteiger partial charge in [0, 0.05) is 57.0 Å². The first kappa shape index (κ1) is 36.2. The lowest BCUT2D eigenvalue weighted by Gasteiger charge is -2.07. The van der Waals surface area contributed by atoms with Gasteiger partial charge in [-0.05, 0) is 6.26 Å². The number of aliphatic hydroxyl groups excluding tert-OH is 1. The number of aliphatic hydroxyl groups is 1. The zero-order chi connectivity index (χ0) is 26.2. The number of rotatable bonds is 28. The second-order valence-electron chi connectivity index (χ2n) is 6.12. The van der Waals surface area contributed by atoms with Gasteiger partial charge in [0.1, 0.15) is 19.8 Å². The van der Waals surface area contributed by atoms with E-state index in [2.05, 4.69) is 15.3 Å². The molecule has 0 atom stereocenters. The monoisotopic (exact) mass is 625 g/mol. The average Bonchev–Trinajstić information content (AvgIpc) is 2.88. The molecule has 0 aliphatic heterocycles. The molecule has 0 spiro atoms. The first-order valence-corrected chi connectivity index (χ1v) is 18.4. The summed E-state index contributed by atoms with van der Waals surface area (Å²) in [6.07, 6.45) is 4.32. The Balaban J connectivity index is 3.22. The minimum Gasteiger partial charge on any atom is -0.449 e. The molecule has 0 rings (SSSR count). The van der Waals surface area contributed by atoms with Crippen LogP contribution in [0.4, 0.5) is 4.79 Å². The maximum Gasteiger partial charge on any atom is 0.407 e. The van der Waals surface area contributed by atoms with Gasteiger partial charge in [0.25, 0.3) is 0 Å². The molecule has 1 amide bonds. The zero-order valence-electron chi connectivity index (χ0n) is 20.7. The molecule has 0 aromatic heterocycles. The van der Waals surface area contributed by atoms with Crippen molar-refractivity contribution in [3.63, 3.8) is 0 Å². The number of carbonyl (C=O) groups is 1. The van der Waals surface area contributed by atoms with Gasteiger partial charge in [-0.3, -0.25) is 9.98 Å². The molecule has 10 nitrogen and oxygen atoms in total. The Morgan fingerprint density at radius 3 is 2.03 bits per heavy atom. The third kappa shape index (κ3) is 32.2. The van der Waals surface area contributed by atoms with Crippen LogP contribution in [0, 0.1) is 0 Å². The van der Waals surface area contributed by atoms with Crippen molar-refractivity contribution in [2.75, 3.05) is 103 Å². The average molecular weight is 626 g/mol. The molecular weight excluding hydrogens is 587 g/mol. The summed E-state index contributed by atoms with van der Waals surface area (Å²) in [6.45, 7) is 3.50. The van der Waals surface area contributed by atoms with E-state index in [-0.39, 0.29) is 12.7 Å². The predicted molar refractivity (Wildman–Crippen MR) is 163 cm³/mol. The van der Waals surface area contributed by atoms with Gasteiger partial charge in [-0.15, -0.1) is 47.0 Å². The van der Waals surface area contributed by atoms with Crippen LogP contribution in [-0.2, 0) is 24.3 Å². The molecule has 0 unspecified atom stereocenters. The maximum atomic E-state index is 11.7. The summed E-state index contributed by atoms with van der Waals surface area (Å²) in [5, 5.41) is 13.2. The summed E-state index contributed by atoms with van der Waals surface area (Å²) >= 11 is 10.3. The molecule has 0 aliphatic rings. The summed E-state index contributed by atoms with van der Waals surface area (Å²) in [6, 6.07) is 0. The van der Waals surface area contributed by atoms with Crippen LogP contribution in [0.3, 0.4) is 0 Å². The summed E-state index contributed by atoms with van der Waals surface area (Å²) in [5.74, 6) is 5.75. The highest BCUT2D eigenvalue weighted by Crippen LogP contribution is 2.12. The van der Waals surface area contributed by atoms with Crippen LogP contribution < -0.4 is 5.32 Å². The molecule has 16 heteroatoms. The fourth-order valence-electron chi connectivity index (χ4n) is 1.76. The molecule has 36 heavy (non-hydrogen) atoms. The number of ether oxygens (including phenoxy) is 1. The predicted octanol–water partition coefficient (Wildman–Crippen LogP) is 3.60. The summed E-state index contributed by atoms with van der Waals surface area (Å²) in [5.41, 5.74) is 0. The van der Waals surface area contributed by atoms with Gasteiger partial charge in [0.15, 0.2) is 0 Å². The highest BCUT2D eigenvalue weighted by atomic mass is 32.2. The zero-order valence-corrected chi connectivity index (χ0v) is 25.6. The van der Waals surface area contributed by atoms with E-state index in [4.69, 9.17) is 29.4 Å². The van der Waals surface area contributed by atoms with E-state index in [1.807, 2.05) is 6.26 Å². The van der Waals surface area contributed by atoms with Crippen molar-refractivity contribution in [3.8, 4) is 0 Å². The van der Waals surface area contributed by atoms with Gasteiger partial charge in [0.05, 0.1) is 19.7 Å². The minimum atomic E-state index is -0.371. The van der Waals surface area contributed by atoms with Gasteiger partial charge >= 0.3 is 6.09 Å². The first-order valence-electron chi connectivity index (χ1n) is 11.2. The molecule has 212 valence electrons. The van der Waals surface area contributed by atoms with Crippen molar-refractivity contribution in [1.82, 2.24) is 5.32 Å². The molecule has 0 aliphatic carbocycles. The topological polar surface area (TPSA) is 120 Å². The summed E-state index contributed by atoms with van der Waals surface area (Å²) < 4.78 is 5.16. The van der Waals surface area contributed by atoms with Gasteiger partial charge in [-0.2, -0.15) is 33.3 Å². The highest BCUT2D eigenvalue weighted by Gasteiger charge is 2.01. The van der Waals surface area contributed by atoms with Crippen molar-refractivity contribution < 1.29 is 34.2 Å². The smallest absolute Gasteiger partial charge is 0.407 e. The summed E-state index contributed by atoms with van der Waals surface area (Å²) in [4.78, 5) is 39.4. The van der Waals surface area contributed by atoms with E-state index in [1.165, 1.54) is 12.8 Å². The van der Waals surface area contributed by atoms with Crippen LogP contribution in [0.15, 0.2) is 9.98 Å². The molecule has 0 aromatic carbocycles. The molecule has 2 N–H and O–H groups in total. The number of nitrogens with one attached hydrogen (secondary N) is 1. The molecule has 0 fully saturated rings. The fourth-order valence-corrected chi connectivity index (χ4v) is 6.26. The number of hydrogen-bond donors (Lipinski definition) is 2. The number of hydrogen-bond acceptors (Lipinski definition) is 15. The van der Waals surface area contributed by atoms with Crippen molar-refractivity contribution in [2.45, 2.75) is 0 Å². The van der Waals surface area contributed by atoms with E-state index in [9.17, 15) is 4.79 Å². The van der Waals surface area contributed by atoms with Crippen molar-refractivity contribution in [2.24, 2.45) is 9.98 Å². The Morgan fingerprint density at radius 2 is 1.36 bits per heavy atom. The molecular formula is C20H39N3O7S6. The number of aliphatic imine (C=N–C) groups is 2. The second kappa shape index (κ2) is 33.2. The number of nitrogens with zero attached hydrogens (tertiary/aromatic N) is 2. The van der Waals surface area contributed by atoms with Crippen LogP contribution in [-0.4, -0.2) is 127 Å². The third-order valence-electron chi connectivity index (χ3n) is 3.33. The first-order chi connectivity index (χ1) is 17.8. The van der Waals surface area contributed by atoms with E-state index in [1.54, 1.807) is 70.6 Å². The highest BCUT2D eigenvalue weighted by molar-refractivity contribution is 8.16. The number of amides is 1. The van der Waals surface area contributed by atoms with Gasteiger partial charge < -0.3 is 24.9 Å². The lowest BCUT2D eigenvalue weighted by Crippen LogP contribution is -2.27. The van der Waals surface area contributed by atoms with Crippen LogP contribution >= 0.6 is 70.6 Å². The minimum absolute atomic E-state index is 0.177. The van der Waals surface area contributed by atoms with Gasteiger partial charge in [-0.1, -0.05) is 0 Å². The second-order valence-corrected chi connectivity index (χ2v) is 13.5. The van der Waals surface area contributed by atoms with Crippen LogP contribution in [0.1, 0.15) is 0 Å². The lowest BCUT2D eigenvalue weighted by atomic mass is 10.7. The normalized spacial score (nSPS) is 11.4. The molecule has 0 heterocycles. The number of alkyl carbamates (subject to hydrolysis) is 1. The standard InChI is InChI=1S/C20H39N3O7S6/c1-31-9-2-21-16-29-28-8-15-36-19-35-13-6-26-20(25)23-4-11-34-18-33-10-3-22-17-30-27-7-14-32-12-5-24/h16-17,24H,2-15,18-19H2,1H3,(H,23,25). The number of carbonyl (C=O) groups excluding carboxylic acids is 1. The SMILES string of the molecule is CSCCN=COOCCSCSCCOC(=O)NCCSCSCCN=COOCCSCCO. The Labute approximate surface area is 240 Å². The van der Waals surface area contributed by atoms with E-state index >= 15 is 0 Å². The molecule has 0 radical (unpaired) electrons. The van der Waals surface area contributed by atoms with E-state index in [0.717, 1.165) is 51.2 Å². The largest absolute Gasteiger partial charge is 0.449 e. The molecule has 0 aromatic rings. The van der Waals surface area contributed by atoms with E-state index < -0.39 is 0 Å². The molecule has 0 saturated carbocycles. The van der Waals surface area contributed by atoms with Gasteiger partial charge in [0.2, 0.25) is 12.8 Å². The van der Waals surface area contributed by atoms with Crippen molar-refractivity contribution in [1.29, 1.82) is 0 Å². The molecule has 0 bridgehead atoms.